The van der Waals surface area contributed by atoms with Crippen molar-refractivity contribution in [3.8, 4) is 11.5 Å². The number of methoxy groups -OCH3 is 1. The van der Waals surface area contributed by atoms with E-state index in [0.717, 1.165) is 15.8 Å². The molecule has 2 heterocycles. The van der Waals surface area contributed by atoms with Crippen molar-refractivity contribution < 1.29 is 23.1 Å². The summed E-state index contributed by atoms with van der Waals surface area (Å²) in [6.07, 6.45) is 0. The number of carbonyl (C=O) groups is 1. The number of carbonyl (C=O) groups excluding carboxylic acids is 1. The predicted octanol–water partition coefficient (Wildman–Crippen LogP) is 2.38. The number of hydrogen-bond acceptors (Lipinski definition) is 6. The highest BCUT2D eigenvalue weighted by Gasteiger charge is 2.25. The summed E-state index contributed by atoms with van der Waals surface area (Å²) in [5.74, 6) is -0.154. The zero-order valence-corrected chi connectivity index (χ0v) is 18.1. The molecule has 1 aliphatic heterocycles. The van der Waals surface area contributed by atoms with Crippen molar-refractivity contribution >= 4 is 53.8 Å². The fourth-order valence-corrected chi connectivity index (χ4v) is 5.51. The Kier molecular flexibility index (Phi) is 4.93. The first-order chi connectivity index (χ1) is 13.8. The van der Waals surface area contributed by atoms with Crippen LogP contribution in [0.5, 0.6) is 11.5 Å². The molecule has 1 aliphatic rings. The molecule has 0 fully saturated rings. The van der Waals surface area contributed by atoms with Gasteiger partial charge in [0.05, 0.1) is 27.8 Å². The highest BCUT2D eigenvalue weighted by Crippen LogP contribution is 2.38. The standard InChI is InChI=1S/C19H13BrN2O5S2/c1-27-11-3-5-12(6-4-11)29(25,26)22-16-9-15(23)18(28-16)17-13-8-10(20)2-7-14(13)21-19(17)24/h2-9,22-23H,1H3. The van der Waals surface area contributed by atoms with Crippen molar-refractivity contribution in [3.05, 3.63) is 68.5 Å². The molecular weight excluding hydrogens is 480 g/mol. The van der Waals surface area contributed by atoms with E-state index in [9.17, 15) is 18.3 Å². The summed E-state index contributed by atoms with van der Waals surface area (Å²) >= 11 is 4.32. The third-order valence-corrected chi connectivity index (χ3v) is 7.27. The SMILES string of the molecule is COc1ccc(S(=O)(=O)Nc2cc(O)c(C3=c4cc(Br)ccc4=NC3=O)s2)cc1. The molecule has 0 unspecified atom stereocenters. The van der Waals surface area contributed by atoms with Gasteiger partial charge in [-0.25, -0.2) is 13.4 Å². The number of benzene rings is 2. The summed E-state index contributed by atoms with van der Waals surface area (Å²) < 4.78 is 33.5. The Bertz CT molecular complexity index is 1360. The predicted molar refractivity (Wildman–Crippen MR) is 112 cm³/mol. The highest BCUT2D eigenvalue weighted by atomic mass is 79.9. The number of rotatable bonds is 5. The Morgan fingerprint density at radius 2 is 1.86 bits per heavy atom. The van der Waals surface area contributed by atoms with Gasteiger partial charge in [0.15, 0.2) is 0 Å². The van der Waals surface area contributed by atoms with E-state index in [0.29, 0.717) is 16.3 Å². The van der Waals surface area contributed by atoms with Crippen LogP contribution in [0.4, 0.5) is 5.00 Å². The van der Waals surface area contributed by atoms with E-state index in [-0.39, 0.29) is 26.1 Å². The number of nitrogens with one attached hydrogen (secondary N) is 1. The maximum Gasteiger partial charge on any atom is 0.279 e. The molecular formula is C19H13BrN2O5S2. The normalized spacial score (nSPS) is 13.2. The van der Waals surface area contributed by atoms with Gasteiger partial charge in [0, 0.05) is 15.8 Å². The zero-order valence-electron chi connectivity index (χ0n) is 14.8. The Hall–Kier alpha value is -2.69. The second kappa shape index (κ2) is 7.29. The van der Waals surface area contributed by atoms with Crippen LogP contribution >= 0.6 is 27.3 Å². The Balaban J connectivity index is 1.73. The molecule has 0 aliphatic carbocycles. The first-order valence-electron chi connectivity index (χ1n) is 8.21. The molecule has 0 radical (unpaired) electrons. The molecule has 1 aromatic heterocycles. The minimum Gasteiger partial charge on any atom is -0.506 e. The monoisotopic (exact) mass is 492 g/mol. The molecule has 0 saturated carbocycles. The largest absolute Gasteiger partial charge is 0.506 e. The van der Waals surface area contributed by atoms with E-state index in [2.05, 4.69) is 25.6 Å². The molecule has 1 amide bonds. The van der Waals surface area contributed by atoms with E-state index in [1.54, 1.807) is 18.2 Å². The second-order valence-electron chi connectivity index (χ2n) is 6.06. The maximum absolute atomic E-state index is 12.6. The second-order valence-corrected chi connectivity index (χ2v) is 9.71. The number of amides is 1. The van der Waals surface area contributed by atoms with Crippen LogP contribution in [0.15, 0.2) is 62.9 Å². The number of nitrogens with zero attached hydrogens (tertiary/aromatic N) is 1. The molecule has 2 N–H and O–H groups in total. The number of sulfonamides is 1. The minimum absolute atomic E-state index is 0.0432. The van der Waals surface area contributed by atoms with Crippen LogP contribution in [0.1, 0.15) is 4.88 Å². The number of ether oxygens (including phenoxy) is 1. The van der Waals surface area contributed by atoms with Crippen LogP contribution in [0.25, 0.3) is 5.57 Å². The molecule has 0 spiro atoms. The molecule has 10 heteroatoms. The number of thiophene rings is 1. The van der Waals surface area contributed by atoms with Gasteiger partial charge in [-0.2, -0.15) is 0 Å². The number of halogens is 1. The molecule has 0 atom stereocenters. The van der Waals surface area contributed by atoms with Gasteiger partial charge in [-0.15, -0.1) is 11.3 Å². The molecule has 3 aromatic rings. The van der Waals surface area contributed by atoms with Gasteiger partial charge in [-0.1, -0.05) is 15.9 Å². The van der Waals surface area contributed by atoms with Crippen molar-refractivity contribution in [2.24, 2.45) is 4.99 Å². The fraction of sp³-hybridized carbons (Fsp3) is 0.0526. The summed E-state index contributed by atoms with van der Waals surface area (Å²) in [5.41, 5.74) is 0.235. The number of hydrogen-bond donors (Lipinski definition) is 2. The fourth-order valence-electron chi connectivity index (χ4n) is 2.86. The van der Waals surface area contributed by atoms with Gasteiger partial charge in [0.1, 0.15) is 16.5 Å². The van der Waals surface area contributed by atoms with E-state index in [4.69, 9.17) is 4.74 Å². The molecule has 148 valence electrons. The summed E-state index contributed by atoms with van der Waals surface area (Å²) in [5, 5.41) is 11.6. The molecule has 4 rings (SSSR count). The van der Waals surface area contributed by atoms with Gasteiger partial charge in [-0.3, -0.25) is 9.52 Å². The lowest BCUT2D eigenvalue weighted by molar-refractivity contribution is -0.112. The summed E-state index contributed by atoms with van der Waals surface area (Å²) in [4.78, 5) is 16.7. The van der Waals surface area contributed by atoms with Crippen molar-refractivity contribution in [2.45, 2.75) is 4.90 Å². The van der Waals surface area contributed by atoms with E-state index >= 15 is 0 Å². The zero-order chi connectivity index (χ0) is 20.8. The maximum atomic E-state index is 12.6. The third-order valence-electron chi connectivity index (χ3n) is 4.21. The topological polar surface area (TPSA) is 105 Å². The quantitative estimate of drug-likeness (QED) is 0.568. The number of fused-ring (bicyclic) bond motifs is 1. The molecule has 7 nitrogen and oxygen atoms in total. The van der Waals surface area contributed by atoms with Crippen molar-refractivity contribution in [1.82, 2.24) is 0 Å². The van der Waals surface area contributed by atoms with Crippen molar-refractivity contribution in [2.75, 3.05) is 11.8 Å². The third kappa shape index (κ3) is 3.66. The van der Waals surface area contributed by atoms with Crippen molar-refractivity contribution in [3.63, 3.8) is 0 Å². The van der Waals surface area contributed by atoms with Gasteiger partial charge in [-0.05, 0) is 42.5 Å². The lowest BCUT2D eigenvalue weighted by Gasteiger charge is -2.06. The smallest absolute Gasteiger partial charge is 0.279 e. The Morgan fingerprint density at radius 3 is 2.55 bits per heavy atom. The number of anilines is 1. The summed E-state index contributed by atoms with van der Waals surface area (Å²) in [6.45, 7) is 0. The van der Waals surface area contributed by atoms with Crippen LogP contribution < -0.4 is 20.0 Å². The lowest BCUT2D eigenvalue weighted by Crippen LogP contribution is -2.22. The van der Waals surface area contributed by atoms with Gasteiger partial charge >= 0.3 is 0 Å². The summed E-state index contributed by atoms with van der Waals surface area (Å²) in [7, 11) is -2.39. The Labute approximate surface area is 178 Å². The van der Waals surface area contributed by atoms with Gasteiger partial charge in [0.25, 0.3) is 15.9 Å². The molecule has 0 saturated heterocycles. The van der Waals surface area contributed by atoms with E-state index < -0.39 is 15.9 Å². The highest BCUT2D eigenvalue weighted by molar-refractivity contribution is 9.10. The summed E-state index contributed by atoms with van der Waals surface area (Å²) in [6, 6.07) is 12.4. The molecule has 2 aromatic carbocycles. The first kappa shape index (κ1) is 19.6. The Morgan fingerprint density at radius 1 is 1.14 bits per heavy atom. The molecule has 0 bridgehead atoms. The van der Waals surface area contributed by atoms with Crippen LogP contribution in [0.2, 0.25) is 0 Å². The average molecular weight is 493 g/mol. The van der Waals surface area contributed by atoms with Crippen LogP contribution in [-0.2, 0) is 14.8 Å². The minimum atomic E-state index is -3.88. The van der Waals surface area contributed by atoms with E-state index in [1.807, 2.05) is 0 Å². The van der Waals surface area contributed by atoms with Gasteiger partial charge in [0.2, 0.25) is 0 Å². The lowest BCUT2D eigenvalue weighted by atomic mass is 10.1. The van der Waals surface area contributed by atoms with Crippen LogP contribution in [0.3, 0.4) is 0 Å². The average Bonchev–Trinajstić information content (AvgIpc) is 3.19. The van der Waals surface area contributed by atoms with Crippen LogP contribution in [0, 0.1) is 0 Å². The van der Waals surface area contributed by atoms with Crippen LogP contribution in [-0.4, -0.2) is 26.5 Å². The van der Waals surface area contributed by atoms with Gasteiger partial charge < -0.3 is 9.84 Å². The molecule has 29 heavy (non-hydrogen) atoms. The van der Waals surface area contributed by atoms with E-state index in [1.165, 1.54) is 37.4 Å². The first-order valence-corrected chi connectivity index (χ1v) is 11.3. The number of aromatic hydroxyl groups is 1. The van der Waals surface area contributed by atoms with Crippen molar-refractivity contribution in [1.29, 1.82) is 0 Å².